The van der Waals surface area contributed by atoms with Crippen LogP contribution in [0.25, 0.3) is 0 Å². The second-order valence-electron chi connectivity index (χ2n) is 10.7. The zero-order valence-corrected chi connectivity index (χ0v) is 23.4. The van der Waals surface area contributed by atoms with Crippen LogP contribution in [0.15, 0.2) is 54.6 Å². The van der Waals surface area contributed by atoms with Gasteiger partial charge in [0.2, 0.25) is 11.8 Å². The molecule has 2 aromatic carbocycles. The number of carbonyl (C=O) groups excluding carboxylic acids is 3. The third kappa shape index (κ3) is 9.12. The van der Waals surface area contributed by atoms with Crippen molar-refractivity contribution in [3.63, 3.8) is 0 Å². The van der Waals surface area contributed by atoms with Crippen LogP contribution in [0, 0.1) is 11.8 Å². The number of carboxylic acids is 1. The smallest absolute Gasteiger partial charge is 0.304 e. The Morgan fingerprint density at radius 3 is 2.54 bits per heavy atom. The van der Waals surface area contributed by atoms with Crippen LogP contribution in [-0.2, 0) is 21.0 Å². The highest BCUT2D eigenvalue weighted by atomic mass is 16.5. The van der Waals surface area contributed by atoms with E-state index < -0.39 is 23.7 Å². The summed E-state index contributed by atoms with van der Waals surface area (Å²) in [6, 6.07) is 16.2. The number of likely N-dealkylation sites (tertiary alicyclic amines) is 1. The van der Waals surface area contributed by atoms with Gasteiger partial charge in [-0.3, -0.25) is 19.2 Å². The topological polar surface area (TPSA) is 128 Å². The number of amides is 3. The van der Waals surface area contributed by atoms with E-state index in [1.54, 1.807) is 29.2 Å². The number of ether oxygens (including phenoxy) is 1. The minimum absolute atomic E-state index is 0.0426. The van der Waals surface area contributed by atoms with Crippen molar-refractivity contribution in [1.29, 1.82) is 0 Å². The van der Waals surface area contributed by atoms with E-state index in [2.05, 4.69) is 10.7 Å². The highest BCUT2D eigenvalue weighted by Gasteiger charge is 2.34. The molecule has 0 spiro atoms. The van der Waals surface area contributed by atoms with Crippen molar-refractivity contribution in [3.05, 3.63) is 65.7 Å². The SMILES string of the molecule is O=C(O)CCNN(C(=O)c1cccc(OCc2ccccc2)c1)C(=O)[C@@H]1CCCN(C(=O)CCC2CCNCC2)C1. The molecule has 10 heteroatoms. The highest BCUT2D eigenvalue weighted by molar-refractivity contribution is 6.05. The molecule has 3 amide bonds. The molecule has 220 valence electrons. The van der Waals surface area contributed by atoms with Crippen LogP contribution < -0.4 is 15.5 Å². The van der Waals surface area contributed by atoms with Gasteiger partial charge in [-0.1, -0.05) is 36.4 Å². The van der Waals surface area contributed by atoms with Crippen molar-refractivity contribution in [3.8, 4) is 5.75 Å². The average Bonchev–Trinajstić information content (AvgIpc) is 3.01. The summed E-state index contributed by atoms with van der Waals surface area (Å²) in [6.45, 7) is 3.04. The summed E-state index contributed by atoms with van der Waals surface area (Å²) in [5.74, 6) is -1.61. The molecule has 2 aliphatic heterocycles. The summed E-state index contributed by atoms with van der Waals surface area (Å²) < 4.78 is 5.86. The Hall–Kier alpha value is -3.76. The van der Waals surface area contributed by atoms with E-state index in [1.807, 2.05) is 30.3 Å². The van der Waals surface area contributed by atoms with Crippen LogP contribution in [0.5, 0.6) is 5.75 Å². The van der Waals surface area contributed by atoms with Gasteiger partial charge in [-0.25, -0.2) is 10.4 Å². The molecular formula is C31H40N4O6. The fourth-order valence-electron chi connectivity index (χ4n) is 5.36. The Bertz CT molecular complexity index is 1180. The molecule has 2 saturated heterocycles. The van der Waals surface area contributed by atoms with Crippen molar-refractivity contribution in [1.82, 2.24) is 20.7 Å². The third-order valence-corrected chi connectivity index (χ3v) is 7.71. The number of imide groups is 1. The Kier molecular flexibility index (Phi) is 11.3. The van der Waals surface area contributed by atoms with E-state index in [1.165, 1.54) is 0 Å². The number of hydrogen-bond acceptors (Lipinski definition) is 7. The summed E-state index contributed by atoms with van der Waals surface area (Å²) >= 11 is 0. The molecule has 0 aliphatic carbocycles. The molecule has 2 heterocycles. The van der Waals surface area contributed by atoms with Gasteiger partial charge in [-0.2, -0.15) is 0 Å². The Labute approximate surface area is 241 Å². The predicted octanol–water partition coefficient (Wildman–Crippen LogP) is 3.23. The predicted molar refractivity (Wildman–Crippen MR) is 153 cm³/mol. The molecule has 4 rings (SSSR count). The second-order valence-corrected chi connectivity index (χ2v) is 10.7. The monoisotopic (exact) mass is 564 g/mol. The van der Waals surface area contributed by atoms with Gasteiger partial charge in [-0.15, -0.1) is 0 Å². The molecule has 2 fully saturated rings. The lowest BCUT2D eigenvalue weighted by Crippen LogP contribution is -2.53. The number of carboxylic acid groups (broad SMARTS) is 1. The minimum atomic E-state index is -1.04. The fourth-order valence-corrected chi connectivity index (χ4v) is 5.36. The number of hydrogen-bond donors (Lipinski definition) is 3. The first-order valence-corrected chi connectivity index (χ1v) is 14.5. The van der Waals surface area contributed by atoms with E-state index in [-0.39, 0.29) is 31.0 Å². The molecule has 2 aliphatic rings. The van der Waals surface area contributed by atoms with Gasteiger partial charge >= 0.3 is 5.97 Å². The Morgan fingerprint density at radius 2 is 1.78 bits per heavy atom. The number of aliphatic carboxylic acids is 1. The van der Waals surface area contributed by atoms with Gasteiger partial charge in [0.15, 0.2) is 0 Å². The molecular weight excluding hydrogens is 524 g/mol. The summed E-state index contributed by atoms with van der Waals surface area (Å²) in [4.78, 5) is 53.1. The quantitative estimate of drug-likeness (QED) is 0.265. The lowest BCUT2D eigenvalue weighted by molar-refractivity contribution is -0.142. The van der Waals surface area contributed by atoms with Gasteiger partial charge < -0.3 is 20.1 Å². The van der Waals surface area contributed by atoms with E-state index in [9.17, 15) is 19.2 Å². The van der Waals surface area contributed by atoms with Gasteiger partial charge in [0.05, 0.1) is 12.3 Å². The summed E-state index contributed by atoms with van der Waals surface area (Å²) in [5.41, 5.74) is 3.95. The van der Waals surface area contributed by atoms with Gasteiger partial charge in [-0.05, 0) is 74.9 Å². The van der Waals surface area contributed by atoms with E-state index in [0.29, 0.717) is 44.1 Å². The molecule has 0 bridgehead atoms. The van der Waals surface area contributed by atoms with E-state index in [0.717, 1.165) is 42.9 Å². The maximum Gasteiger partial charge on any atom is 0.304 e. The average molecular weight is 565 g/mol. The maximum absolute atomic E-state index is 13.7. The zero-order chi connectivity index (χ0) is 29.0. The van der Waals surface area contributed by atoms with Crippen LogP contribution in [0.3, 0.4) is 0 Å². The molecule has 1 atom stereocenters. The van der Waals surface area contributed by atoms with Crippen LogP contribution in [0.1, 0.15) is 60.9 Å². The first-order valence-electron chi connectivity index (χ1n) is 14.5. The first-order chi connectivity index (χ1) is 19.9. The van der Waals surface area contributed by atoms with E-state index >= 15 is 0 Å². The molecule has 3 N–H and O–H groups in total. The number of nitrogens with one attached hydrogen (secondary N) is 2. The minimum Gasteiger partial charge on any atom is -0.489 e. The summed E-state index contributed by atoms with van der Waals surface area (Å²) in [7, 11) is 0. The molecule has 41 heavy (non-hydrogen) atoms. The molecule has 0 unspecified atom stereocenters. The van der Waals surface area contributed by atoms with Gasteiger partial charge in [0.25, 0.3) is 5.91 Å². The Balaban J connectivity index is 1.41. The molecule has 0 radical (unpaired) electrons. The van der Waals surface area contributed by atoms with Crippen LogP contribution in [0.4, 0.5) is 0 Å². The van der Waals surface area contributed by atoms with Crippen molar-refractivity contribution >= 4 is 23.7 Å². The highest BCUT2D eigenvalue weighted by Crippen LogP contribution is 2.24. The largest absolute Gasteiger partial charge is 0.489 e. The second kappa shape index (κ2) is 15.3. The van der Waals surface area contributed by atoms with Crippen molar-refractivity contribution in [2.75, 3.05) is 32.7 Å². The van der Waals surface area contributed by atoms with Gasteiger partial charge in [0.1, 0.15) is 12.4 Å². The summed E-state index contributed by atoms with van der Waals surface area (Å²) in [6.07, 6.45) is 4.40. The van der Waals surface area contributed by atoms with Crippen LogP contribution in [-0.4, -0.2) is 71.4 Å². The zero-order valence-electron chi connectivity index (χ0n) is 23.4. The number of rotatable bonds is 12. The third-order valence-electron chi connectivity index (χ3n) is 7.71. The fraction of sp³-hybridized carbons (Fsp3) is 0.484. The first kappa shape index (κ1) is 30.2. The van der Waals surface area contributed by atoms with Crippen LogP contribution in [0.2, 0.25) is 0 Å². The van der Waals surface area contributed by atoms with Crippen LogP contribution >= 0.6 is 0 Å². The molecule has 0 saturated carbocycles. The summed E-state index contributed by atoms with van der Waals surface area (Å²) in [5, 5.41) is 13.4. The standard InChI is InChI=1S/C31H40N4O6/c36-28(12-11-23-13-16-32-17-14-23)34-19-5-9-26(21-34)31(40)35(33-18-15-29(37)38)30(39)25-8-4-10-27(20-25)41-22-24-6-2-1-3-7-24/h1-4,6-8,10,20,23,26,32-33H,5,9,11-19,21-22H2,(H,37,38)/t26-/m1/s1. The van der Waals surface area contributed by atoms with Crippen molar-refractivity contribution in [2.24, 2.45) is 11.8 Å². The number of nitrogens with zero attached hydrogens (tertiary/aromatic N) is 2. The normalized spacial score (nSPS) is 17.6. The lowest BCUT2D eigenvalue weighted by Gasteiger charge is -2.35. The van der Waals surface area contributed by atoms with Crippen molar-refractivity contribution < 1.29 is 29.0 Å². The molecule has 0 aromatic heterocycles. The number of carbonyl (C=O) groups is 4. The number of piperidine rings is 2. The Morgan fingerprint density at radius 1 is 1.00 bits per heavy atom. The van der Waals surface area contributed by atoms with Crippen molar-refractivity contribution in [2.45, 2.75) is 51.6 Å². The van der Waals surface area contributed by atoms with E-state index in [4.69, 9.17) is 9.84 Å². The number of hydrazine groups is 1. The lowest BCUT2D eigenvalue weighted by atomic mass is 9.92. The molecule has 2 aromatic rings. The van der Waals surface area contributed by atoms with Gasteiger partial charge in [0, 0.05) is 31.6 Å². The number of benzene rings is 2. The molecule has 10 nitrogen and oxygen atoms in total. The maximum atomic E-state index is 13.7.